The number of hydrogen-bond donors (Lipinski definition) is 0. The maximum absolute atomic E-state index is 11.5. The smallest absolute Gasteiger partial charge is 0.225 e. The molecular formula is C10H19NO. The van der Waals surface area contributed by atoms with Crippen molar-refractivity contribution in [3.63, 3.8) is 0 Å². The second-order valence-corrected chi connectivity index (χ2v) is 5.05. The van der Waals surface area contributed by atoms with Crippen molar-refractivity contribution in [2.75, 3.05) is 14.1 Å². The Labute approximate surface area is 74.9 Å². The molecule has 2 heteroatoms. The Kier molecular flexibility index (Phi) is 2.19. The van der Waals surface area contributed by atoms with Crippen LogP contribution in [0.1, 0.15) is 27.2 Å². The van der Waals surface area contributed by atoms with Gasteiger partial charge in [0.25, 0.3) is 0 Å². The van der Waals surface area contributed by atoms with E-state index in [1.807, 2.05) is 14.1 Å². The summed E-state index contributed by atoms with van der Waals surface area (Å²) in [6.07, 6.45) is 1.08. The molecule has 0 aliphatic heterocycles. The van der Waals surface area contributed by atoms with Crippen molar-refractivity contribution >= 4 is 5.91 Å². The summed E-state index contributed by atoms with van der Waals surface area (Å²) >= 11 is 0. The van der Waals surface area contributed by atoms with Crippen LogP contribution in [0.5, 0.6) is 0 Å². The van der Waals surface area contributed by atoms with E-state index in [2.05, 4.69) is 20.8 Å². The van der Waals surface area contributed by atoms with E-state index in [9.17, 15) is 4.79 Å². The van der Waals surface area contributed by atoms with Crippen LogP contribution in [0.2, 0.25) is 0 Å². The third-order valence-electron chi connectivity index (χ3n) is 2.66. The minimum absolute atomic E-state index is 0.301. The number of nitrogens with zero attached hydrogens (tertiary/aromatic N) is 1. The van der Waals surface area contributed by atoms with E-state index < -0.39 is 0 Å². The highest BCUT2D eigenvalue weighted by molar-refractivity contribution is 5.81. The Morgan fingerprint density at radius 3 is 2.08 bits per heavy atom. The molecule has 12 heavy (non-hydrogen) atoms. The first-order chi connectivity index (χ1) is 5.34. The van der Waals surface area contributed by atoms with Crippen LogP contribution in [0, 0.1) is 17.3 Å². The molecule has 2 atom stereocenters. The fourth-order valence-electron chi connectivity index (χ4n) is 1.76. The Balaban J connectivity index is 2.48. The summed E-state index contributed by atoms with van der Waals surface area (Å²) in [6, 6.07) is 0. The molecule has 1 aliphatic carbocycles. The van der Waals surface area contributed by atoms with Crippen molar-refractivity contribution in [1.82, 2.24) is 4.90 Å². The fourth-order valence-corrected chi connectivity index (χ4v) is 1.76. The molecule has 1 aliphatic rings. The number of hydrogen-bond acceptors (Lipinski definition) is 1. The van der Waals surface area contributed by atoms with Gasteiger partial charge < -0.3 is 4.90 Å². The minimum atomic E-state index is 0.301. The quantitative estimate of drug-likeness (QED) is 0.585. The maximum atomic E-state index is 11.5. The van der Waals surface area contributed by atoms with Crippen molar-refractivity contribution in [3.8, 4) is 0 Å². The van der Waals surface area contributed by atoms with Crippen molar-refractivity contribution in [2.24, 2.45) is 17.3 Å². The molecule has 1 unspecified atom stereocenters. The fraction of sp³-hybridized carbons (Fsp3) is 0.900. The van der Waals surface area contributed by atoms with Crippen LogP contribution in [0.25, 0.3) is 0 Å². The first-order valence-corrected chi connectivity index (χ1v) is 4.55. The lowest BCUT2D eigenvalue weighted by Crippen LogP contribution is -2.25. The molecule has 1 rings (SSSR count). The molecular weight excluding hydrogens is 150 g/mol. The molecule has 70 valence electrons. The Morgan fingerprint density at radius 2 is 1.83 bits per heavy atom. The van der Waals surface area contributed by atoms with Gasteiger partial charge in [-0.25, -0.2) is 0 Å². The number of carbonyl (C=O) groups is 1. The van der Waals surface area contributed by atoms with Gasteiger partial charge in [-0.1, -0.05) is 20.8 Å². The summed E-state index contributed by atoms with van der Waals surface area (Å²) in [5.41, 5.74) is 0.302. The predicted molar refractivity (Wildman–Crippen MR) is 49.7 cm³/mol. The van der Waals surface area contributed by atoms with Crippen LogP contribution in [-0.4, -0.2) is 24.9 Å². The summed E-state index contributed by atoms with van der Waals surface area (Å²) in [5.74, 6) is 1.21. The standard InChI is InChI=1S/C10H19NO/c1-10(2,3)8-6-7(8)9(12)11(4)5/h7-8H,6H2,1-5H3/t7?,8-/m0/s1. The van der Waals surface area contributed by atoms with Gasteiger partial charge in [-0.05, 0) is 17.8 Å². The van der Waals surface area contributed by atoms with Gasteiger partial charge in [-0.2, -0.15) is 0 Å². The highest BCUT2D eigenvalue weighted by Gasteiger charge is 2.49. The van der Waals surface area contributed by atoms with Gasteiger partial charge in [0.05, 0.1) is 0 Å². The minimum Gasteiger partial charge on any atom is -0.349 e. The average molecular weight is 169 g/mol. The largest absolute Gasteiger partial charge is 0.349 e. The van der Waals surface area contributed by atoms with Crippen molar-refractivity contribution in [3.05, 3.63) is 0 Å². The van der Waals surface area contributed by atoms with Gasteiger partial charge in [0.15, 0.2) is 0 Å². The summed E-state index contributed by atoms with van der Waals surface area (Å²) in [4.78, 5) is 13.2. The van der Waals surface area contributed by atoms with Crippen LogP contribution in [0.3, 0.4) is 0 Å². The molecule has 0 aromatic heterocycles. The molecule has 0 heterocycles. The molecule has 0 radical (unpaired) electrons. The van der Waals surface area contributed by atoms with E-state index >= 15 is 0 Å². The van der Waals surface area contributed by atoms with Gasteiger partial charge in [-0.3, -0.25) is 4.79 Å². The molecule has 0 saturated heterocycles. The van der Waals surface area contributed by atoms with Crippen molar-refractivity contribution in [2.45, 2.75) is 27.2 Å². The predicted octanol–water partition coefficient (Wildman–Crippen LogP) is 1.76. The van der Waals surface area contributed by atoms with Gasteiger partial charge in [-0.15, -0.1) is 0 Å². The number of rotatable bonds is 1. The van der Waals surface area contributed by atoms with Crippen molar-refractivity contribution in [1.29, 1.82) is 0 Å². The lowest BCUT2D eigenvalue weighted by atomic mass is 9.89. The zero-order chi connectivity index (χ0) is 9.52. The first kappa shape index (κ1) is 9.56. The maximum Gasteiger partial charge on any atom is 0.225 e. The number of amides is 1. The van der Waals surface area contributed by atoms with Gasteiger partial charge in [0.1, 0.15) is 0 Å². The van der Waals surface area contributed by atoms with E-state index in [4.69, 9.17) is 0 Å². The molecule has 0 aromatic rings. The van der Waals surface area contributed by atoms with Crippen LogP contribution in [-0.2, 0) is 4.79 Å². The second-order valence-electron chi connectivity index (χ2n) is 5.05. The summed E-state index contributed by atoms with van der Waals surface area (Å²) in [7, 11) is 3.67. The zero-order valence-corrected chi connectivity index (χ0v) is 8.72. The molecule has 1 amide bonds. The molecule has 0 N–H and O–H groups in total. The van der Waals surface area contributed by atoms with Gasteiger partial charge in [0, 0.05) is 20.0 Å². The molecule has 0 spiro atoms. The van der Waals surface area contributed by atoms with Crippen LogP contribution in [0.4, 0.5) is 0 Å². The molecule has 0 aromatic carbocycles. The normalized spacial score (nSPS) is 28.4. The SMILES string of the molecule is CN(C)C(=O)C1C[C@@H]1C(C)(C)C. The van der Waals surface area contributed by atoms with E-state index in [-0.39, 0.29) is 0 Å². The van der Waals surface area contributed by atoms with E-state index in [0.717, 1.165) is 6.42 Å². The zero-order valence-electron chi connectivity index (χ0n) is 8.72. The van der Waals surface area contributed by atoms with Gasteiger partial charge in [0.2, 0.25) is 5.91 Å². The average Bonchev–Trinajstić information content (AvgIpc) is 2.61. The number of carbonyl (C=O) groups excluding carboxylic acids is 1. The molecule has 0 bridgehead atoms. The molecule has 2 nitrogen and oxygen atoms in total. The van der Waals surface area contributed by atoms with Gasteiger partial charge >= 0.3 is 0 Å². The molecule has 1 saturated carbocycles. The van der Waals surface area contributed by atoms with E-state index in [0.29, 0.717) is 23.2 Å². The third kappa shape index (κ3) is 1.79. The summed E-state index contributed by atoms with van der Waals surface area (Å²) < 4.78 is 0. The van der Waals surface area contributed by atoms with E-state index in [1.54, 1.807) is 4.90 Å². The van der Waals surface area contributed by atoms with E-state index in [1.165, 1.54) is 0 Å². The highest BCUT2D eigenvalue weighted by Crippen LogP contribution is 2.51. The highest BCUT2D eigenvalue weighted by atomic mass is 16.2. The van der Waals surface area contributed by atoms with Crippen LogP contribution in [0.15, 0.2) is 0 Å². The summed E-state index contributed by atoms with van der Waals surface area (Å²) in [6.45, 7) is 6.63. The topological polar surface area (TPSA) is 20.3 Å². The Morgan fingerprint density at radius 1 is 1.33 bits per heavy atom. The third-order valence-corrected chi connectivity index (χ3v) is 2.66. The lowest BCUT2D eigenvalue weighted by Gasteiger charge is -2.18. The second kappa shape index (κ2) is 2.75. The summed E-state index contributed by atoms with van der Waals surface area (Å²) in [5, 5.41) is 0. The monoisotopic (exact) mass is 169 g/mol. The Bertz CT molecular complexity index is 191. The lowest BCUT2D eigenvalue weighted by molar-refractivity contribution is -0.130. The molecule has 1 fully saturated rings. The Hall–Kier alpha value is -0.530. The van der Waals surface area contributed by atoms with Crippen LogP contribution < -0.4 is 0 Å². The first-order valence-electron chi connectivity index (χ1n) is 4.55. The van der Waals surface area contributed by atoms with Crippen LogP contribution >= 0.6 is 0 Å². The van der Waals surface area contributed by atoms with Crippen molar-refractivity contribution < 1.29 is 4.79 Å².